The van der Waals surface area contributed by atoms with Crippen LogP contribution in [0.5, 0.6) is 0 Å². The molecule has 1 fully saturated rings. The average Bonchev–Trinajstić information content (AvgIpc) is 2.46. The van der Waals surface area contributed by atoms with Crippen LogP contribution in [0.15, 0.2) is 24.3 Å². The van der Waals surface area contributed by atoms with Gasteiger partial charge in [0.2, 0.25) is 0 Å². The standard InChI is InChI=1S/C15H19N3O2/c1-17-12-5-3-2-4-11(12)13(19)10-15(17)6-8-18(9-7-15)14(16)20/h2-5H,6-10H2,1H3,(H2,16,20). The van der Waals surface area contributed by atoms with Crippen LogP contribution < -0.4 is 10.6 Å². The molecule has 2 aliphatic rings. The molecule has 0 aliphatic carbocycles. The van der Waals surface area contributed by atoms with Gasteiger partial charge in [-0.2, -0.15) is 0 Å². The van der Waals surface area contributed by atoms with Crippen LogP contribution >= 0.6 is 0 Å². The van der Waals surface area contributed by atoms with E-state index in [1.807, 2.05) is 31.3 Å². The summed E-state index contributed by atoms with van der Waals surface area (Å²) in [7, 11) is 2.05. The summed E-state index contributed by atoms with van der Waals surface area (Å²) in [5, 5.41) is 0. The van der Waals surface area contributed by atoms with Gasteiger partial charge in [-0.05, 0) is 25.0 Å². The number of urea groups is 1. The van der Waals surface area contributed by atoms with Crippen molar-refractivity contribution in [3.63, 3.8) is 0 Å². The van der Waals surface area contributed by atoms with Gasteiger partial charge in [0.1, 0.15) is 0 Å². The van der Waals surface area contributed by atoms with Gasteiger partial charge in [-0.15, -0.1) is 0 Å². The zero-order chi connectivity index (χ0) is 14.3. The number of amides is 2. The Kier molecular flexibility index (Phi) is 2.92. The molecule has 2 aliphatic heterocycles. The molecule has 0 unspecified atom stereocenters. The largest absolute Gasteiger partial charge is 0.368 e. The normalized spacial score (nSPS) is 20.9. The highest BCUT2D eigenvalue weighted by Crippen LogP contribution is 2.41. The number of para-hydroxylation sites is 1. The number of carbonyl (C=O) groups is 2. The van der Waals surface area contributed by atoms with Crippen LogP contribution in [0.4, 0.5) is 10.5 Å². The van der Waals surface area contributed by atoms with Gasteiger partial charge in [0.05, 0.1) is 5.54 Å². The summed E-state index contributed by atoms with van der Waals surface area (Å²) < 4.78 is 0. The molecule has 5 nitrogen and oxygen atoms in total. The van der Waals surface area contributed by atoms with Crippen LogP contribution in [0.2, 0.25) is 0 Å². The number of primary amides is 1. The minimum absolute atomic E-state index is 0.169. The summed E-state index contributed by atoms with van der Waals surface area (Å²) in [5.74, 6) is 0.200. The summed E-state index contributed by atoms with van der Waals surface area (Å²) in [4.78, 5) is 27.5. The fourth-order valence-electron chi connectivity index (χ4n) is 3.43. The van der Waals surface area contributed by atoms with Gasteiger partial charge >= 0.3 is 6.03 Å². The van der Waals surface area contributed by atoms with Crippen molar-refractivity contribution in [3.8, 4) is 0 Å². The van der Waals surface area contributed by atoms with Gasteiger partial charge in [0.15, 0.2) is 5.78 Å². The number of carbonyl (C=O) groups excluding carboxylic acids is 2. The number of benzene rings is 1. The molecule has 1 aromatic carbocycles. The number of ketones is 1. The maximum absolute atomic E-state index is 12.4. The number of nitrogens with two attached hydrogens (primary N) is 1. The molecule has 5 heteroatoms. The quantitative estimate of drug-likeness (QED) is 0.781. The van der Waals surface area contributed by atoms with E-state index in [0.29, 0.717) is 19.5 Å². The number of rotatable bonds is 0. The Hall–Kier alpha value is -2.04. The minimum Gasteiger partial charge on any atom is -0.368 e. The summed E-state index contributed by atoms with van der Waals surface area (Å²) in [6, 6.07) is 7.37. The lowest BCUT2D eigenvalue weighted by molar-refractivity contribution is 0.0893. The Morgan fingerprint density at radius 1 is 1.25 bits per heavy atom. The van der Waals surface area contributed by atoms with E-state index in [1.54, 1.807) is 4.90 Å². The third-order valence-electron chi connectivity index (χ3n) is 4.77. The Bertz CT molecular complexity index is 562. The van der Waals surface area contributed by atoms with E-state index in [2.05, 4.69) is 4.90 Å². The minimum atomic E-state index is -0.370. The molecule has 0 radical (unpaired) electrons. The molecule has 0 aromatic heterocycles. The molecule has 2 N–H and O–H groups in total. The van der Waals surface area contributed by atoms with Gasteiger partial charge < -0.3 is 15.5 Å². The van der Waals surface area contributed by atoms with Gasteiger partial charge in [0.25, 0.3) is 0 Å². The van der Waals surface area contributed by atoms with Gasteiger partial charge in [-0.1, -0.05) is 12.1 Å². The number of anilines is 1. The second kappa shape index (κ2) is 4.51. The number of Topliss-reactive ketones (excluding diaryl/α,β-unsaturated/α-hetero) is 1. The molecule has 2 amide bonds. The van der Waals surface area contributed by atoms with E-state index in [-0.39, 0.29) is 17.4 Å². The second-order valence-corrected chi connectivity index (χ2v) is 5.73. The molecule has 0 saturated carbocycles. The highest BCUT2D eigenvalue weighted by atomic mass is 16.2. The molecule has 1 aromatic rings. The zero-order valence-corrected chi connectivity index (χ0v) is 11.6. The van der Waals surface area contributed by atoms with Crippen molar-refractivity contribution in [2.24, 2.45) is 5.73 Å². The fraction of sp³-hybridized carbons (Fsp3) is 0.467. The van der Waals surface area contributed by atoms with Crippen LogP contribution in [0.1, 0.15) is 29.6 Å². The van der Waals surface area contributed by atoms with Crippen LogP contribution in [-0.2, 0) is 0 Å². The Labute approximate surface area is 118 Å². The SMILES string of the molecule is CN1c2ccccc2C(=O)CC12CCN(C(N)=O)CC2. The van der Waals surface area contributed by atoms with Crippen molar-refractivity contribution in [2.75, 3.05) is 25.0 Å². The van der Waals surface area contributed by atoms with Crippen molar-refractivity contribution < 1.29 is 9.59 Å². The first-order valence-corrected chi connectivity index (χ1v) is 6.94. The molecule has 106 valence electrons. The van der Waals surface area contributed by atoms with Crippen molar-refractivity contribution in [2.45, 2.75) is 24.8 Å². The highest BCUT2D eigenvalue weighted by Gasteiger charge is 2.44. The molecule has 1 saturated heterocycles. The maximum atomic E-state index is 12.4. The molecule has 2 heterocycles. The fourth-order valence-corrected chi connectivity index (χ4v) is 3.43. The molecule has 20 heavy (non-hydrogen) atoms. The molecular formula is C15H19N3O2. The predicted molar refractivity (Wildman–Crippen MR) is 76.9 cm³/mol. The van der Waals surface area contributed by atoms with Crippen molar-refractivity contribution >= 4 is 17.5 Å². The van der Waals surface area contributed by atoms with Gasteiger partial charge in [-0.25, -0.2) is 4.79 Å². The topological polar surface area (TPSA) is 66.6 Å². The van der Waals surface area contributed by atoms with Gasteiger partial charge in [-0.3, -0.25) is 4.79 Å². The lowest BCUT2D eigenvalue weighted by atomic mass is 9.77. The van der Waals surface area contributed by atoms with Crippen LogP contribution in [0, 0.1) is 0 Å². The average molecular weight is 273 g/mol. The van der Waals surface area contributed by atoms with E-state index in [1.165, 1.54) is 0 Å². The molecule has 0 bridgehead atoms. The summed E-state index contributed by atoms with van der Waals surface area (Å²) in [6.07, 6.45) is 2.09. The van der Waals surface area contributed by atoms with Crippen LogP contribution in [0.25, 0.3) is 0 Å². The maximum Gasteiger partial charge on any atom is 0.314 e. The Morgan fingerprint density at radius 3 is 2.55 bits per heavy atom. The van der Waals surface area contributed by atoms with Crippen LogP contribution in [-0.4, -0.2) is 42.4 Å². The number of hydrogen-bond donors (Lipinski definition) is 1. The first-order chi connectivity index (χ1) is 9.53. The molecule has 3 rings (SSSR count). The number of likely N-dealkylation sites (tertiary alicyclic amines) is 1. The third-order valence-corrected chi connectivity index (χ3v) is 4.77. The van der Waals surface area contributed by atoms with E-state index < -0.39 is 0 Å². The lowest BCUT2D eigenvalue weighted by Crippen LogP contribution is -2.58. The number of fused-ring (bicyclic) bond motifs is 1. The molecule has 0 atom stereocenters. The van der Waals surface area contributed by atoms with E-state index >= 15 is 0 Å². The van der Waals surface area contributed by atoms with E-state index in [4.69, 9.17) is 5.73 Å². The van der Waals surface area contributed by atoms with Crippen LogP contribution in [0.3, 0.4) is 0 Å². The monoisotopic (exact) mass is 273 g/mol. The first kappa shape index (κ1) is 13.0. The van der Waals surface area contributed by atoms with Crippen molar-refractivity contribution in [1.29, 1.82) is 0 Å². The number of nitrogens with zero attached hydrogens (tertiary/aromatic N) is 2. The van der Waals surface area contributed by atoms with Crippen molar-refractivity contribution in [3.05, 3.63) is 29.8 Å². The summed E-state index contributed by atoms with van der Waals surface area (Å²) in [5.41, 5.74) is 6.96. The first-order valence-electron chi connectivity index (χ1n) is 6.94. The number of hydrogen-bond acceptors (Lipinski definition) is 3. The molecular weight excluding hydrogens is 254 g/mol. The second-order valence-electron chi connectivity index (χ2n) is 5.73. The number of piperidine rings is 1. The zero-order valence-electron chi connectivity index (χ0n) is 11.6. The lowest BCUT2D eigenvalue weighted by Gasteiger charge is -2.50. The summed E-state index contributed by atoms with van der Waals surface area (Å²) in [6.45, 7) is 1.24. The molecule has 1 spiro atoms. The smallest absolute Gasteiger partial charge is 0.314 e. The van der Waals surface area contributed by atoms with E-state index in [9.17, 15) is 9.59 Å². The highest BCUT2D eigenvalue weighted by molar-refractivity contribution is 6.04. The summed E-state index contributed by atoms with van der Waals surface area (Å²) >= 11 is 0. The Balaban J connectivity index is 1.90. The third kappa shape index (κ3) is 1.85. The van der Waals surface area contributed by atoms with Crippen molar-refractivity contribution in [1.82, 2.24) is 4.90 Å². The predicted octanol–water partition coefficient (Wildman–Crippen LogP) is 1.62. The van der Waals surface area contributed by atoms with Gasteiger partial charge in [0, 0.05) is 37.8 Å². The van der Waals surface area contributed by atoms with E-state index in [0.717, 1.165) is 24.1 Å². The Morgan fingerprint density at radius 2 is 1.90 bits per heavy atom.